The first kappa shape index (κ1) is 21.6. The summed E-state index contributed by atoms with van der Waals surface area (Å²) in [6, 6.07) is 19.6. The van der Waals surface area contributed by atoms with Gasteiger partial charge in [0.05, 0.1) is 19.9 Å². The van der Waals surface area contributed by atoms with Crippen LogP contribution in [0.3, 0.4) is 0 Å². The summed E-state index contributed by atoms with van der Waals surface area (Å²) in [5, 5.41) is 8.78. The average Bonchev–Trinajstić information content (AvgIpc) is 3.35. The number of nitrogens with one attached hydrogen (secondary N) is 1. The highest BCUT2D eigenvalue weighted by molar-refractivity contribution is 6.30. The lowest BCUT2D eigenvalue weighted by Gasteiger charge is -2.39. The number of nitrogens with zero attached hydrogens (tertiary/aromatic N) is 3. The molecule has 2 aliphatic rings. The fourth-order valence-electron chi connectivity index (χ4n) is 4.84. The molecule has 0 radical (unpaired) electrons. The molecule has 0 fully saturated rings. The number of rotatable bonds is 4. The fourth-order valence-corrected chi connectivity index (χ4v) is 4.97. The third-order valence-corrected chi connectivity index (χ3v) is 6.72. The van der Waals surface area contributed by atoms with Crippen LogP contribution in [0.15, 0.2) is 72.6 Å². The van der Waals surface area contributed by atoms with E-state index in [4.69, 9.17) is 25.8 Å². The van der Waals surface area contributed by atoms with Crippen molar-refractivity contribution in [2.75, 3.05) is 19.5 Å². The Balaban J connectivity index is 1.62. The lowest BCUT2D eigenvalue weighted by Crippen LogP contribution is -2.32. The van der Waals surface area contributed by atoms with Gasteiger partial charge in [0.2, 0.25) is 5.95 Å². The highest BCUT2D eigenvalue weighted by atomic mass is 35.5. The van der Waals surface area contributed by atoms with Gasteiger partial charge < -0.3 is 19.5 Å². The first-order valence-electron chi connectivity index (χ1n) is 11.2. The molecule has 8 heteroatoms. The number of methoxy groups -OCH3 is 2. The molecule has 0 saturated heterocycles. The molecule has 1 aromatic heterocycles. The van der Waals surface area contributed by atoms with Gasteiger partial charge in [0.25, 0.3) is 0 Å². The molecule has 4 aromatic rings. The second kappa shape index (κ2) is 8.36. The van der Waals surface area contributed by atoms with Crippen molar-refractivity contribution < 1.29 is 14.2 Å². The largest absolute Gasteiger partial charge is 0.493 e. The maximum Gasteiger partial charge on any atom is 0.226 e. The molecule has 3 heterocycles. The van der Waals surface area contributed by atoms with Crippen LogP contribution in [-0.2, 0) is 0 Å². The Labute approximate surface area is 207 Å². The van der Waals surface area contributed by atoms with Crippen LogP contribution in [0.2, 0.25) is 5.02 Å². The second-order valence-corrected chi connectivity index (χ2v) is 8.99. The Bertz CT molecular complexity index is 1460. The van der Waals surface area contributed by atoms with Crippen LogP contribution in [0.1, 0.15) is 34.4 Å². The molecule has 2 aliphatic heterocycles. The summed E-state index contributed by atoms with van der Waals surface area (Å²) in [5.41, 5.74) is 6.09. The smallest absolute Gasteiger partial charge is 0.226 e. The zero-order valence-electron chi connectivity index (χ0n) is 19.4. The molecule has 1 N–H and O–H groups in total. The molecule has 7 nitrogen and oxygen atoms in total. The summed E-state index contributed by atoms with van der Waals surface area (Å²) in [5.74, 6) is 2.77. The minimum Gasteiger partial charge on any atom is -0.493 e. The molecular formula is C27H23ClN4O3. The Morgan fingerprint density at radius 3 is 2.49 bits per heavy atom. The van der Waals surface area contributed by atoms with Crippen LogP contribution in [0, 0.1) is 6.92 Å². The van der Waals surface area contributed by atoms with Crippen molar-refractivity contribution in [2.45, 2.75) is 19.1 Å². The van der Waals surface area contributed by atoms with Crippen LogP contribution < -0.4 is 19.5 Å². The third kappa shape index (κ3) is 3.51. The number of aryl methyl sites for hydroxylation is 1. The van der Waals surface area contributed by atoms with Crippen LogP contribution in [-0.4, -0.2) is 29.0 Å². The van der Waals surface area contributed by atoms with Gasteiger partial charge in [0.1, 0.15) is 24.2 Å². The molecule has 0 spiro atoms. The van der Waals surface area contributed by atoms with E-state index < -0.39 is 0 Å². The monoisotopic (exact) mass is 486 g/mol. The van der Waals surface area contributed by atoms with E-state index in [1.54, 1.807) is 20.5 Å². The quantitative estimate of drug-likeness (QED) is 0.392. The summed E-state index contributed by atoms with van der Waals surface area (Å²) in [6.45, 7) is 2.07. The number of halogens is 1. The van der Waals surface area contributed by atoms with E-state index in [0.29, 0.717) is 22.5 Å². The van der Waals surface area contributed by atoms with Crippen LogP contribution in [0.25, 0.3) is 5.70 Å². The van der Waals surface area contributed by atoms with Gasteiger partial charge in [-0.3, -0.25) is 0 Å². The zero-order valence-corrected chi connectivity index (χ0v) is 20.2. The van der Waals surface area contributed by atoms with Gasteiger partial charge >= 0.3 is 0 Å². The molecule has 35 heavy (non-hydrogen) atoms. The second-order valence-electron chi connectivity index (χ2n) is 8.55. The molecule has 0 saturated carbocycles. The minimum atomic E-state index is -0.375. The van der Waals surface area contributed by atoms with Gasteiger partial charge in [0.15, 0.2) is 11.5 Å². The molecule has 3 aromatic carbocycles. The van der Waals surface area contributed by atoms with Crippen molar-refractivity contribution in [1.29, 1.82) is 0 Å². The van der Waals surface area contributed by atoms with Gasteiger partial charge in [-0.25, -0.2) is 4.68 Å². The van der Waals surface area contributed by atoms with E-state index >= 15 is 0 Å². The lowest BCUT2D eigenvalue weighted by atomic mass is 9.84. The Kier molecular flexibility index (Phi) is 5.15. The molecule has 0 unspecified atom stereocenters. The molecule has 176 valence electrons. The zero-order chi connectivity index (χ0) is 24.1. The van der Waals surface area contributed by atoms with Crippen LogP contribution in [0.5, 0.6) is 17.2 Å². The van der Waals surface area contributed by atoms with Crippen molar-refractivity contribution in [3.8, 4) is 17.2 Å². The Hall–Kier alpha value is -3.97. The highest BCUT2D eigenvalue weighted by Crippen LogP contribution is 2.51. The van der Waals surface area contributed by atoms with Gasteiger partial charge in [-0.1, -0.05) is 41.4 Å². The van der Waals surface area contributed by atoms with Crippen molar-refractivity contribution in [2.24, 2.45) is 0 Å². The number of hydrogen-bond donors (Lipinski definition) is 1. The summed E-state index contributed by atoms with van der Waals surface area (Å²) < 4.78 is 19.7. The average molecular weight is 487 g/mol. The SMILES string of the molecule is COc1ccc([C@@H]2C3=C(Nc4ncnn42)c2cc(C)ccc2O[C@H]3c2ccc(Cl)cc2)cc1OC. The van der Waals surface area contributed by atoms with E-state index in [1.807, 2.05) is 53.2 Å². The van der Waals surface area contributed by atoms with Gasteiger partial charge in [-0.05, 0) is 54.4 Å². The van der Waals surface area contributed by atoms with E-state index in [2.05, 4.69) is 34.5 Å². The maximum absolute atomic E-state index is 6.67. The molecule has 2 atom stereocenters. The highest BCUT2D eigenvalue weighted by Gasteiger charge is 2.41. The topological polar surface area (TPSA) is 70.4 Å². The third-order valence-electron chi connectivity index (χ3n) is 6.47. The molecular weight excluding hydrogens is 464 g/mol. The predicted molar refractivity (Wildman–Crippen MR) is 134 cm³/mol. The van der Waals surface area contributed by atoms with Crippen molar-refractivity contribution in [1.82, 2.24) is 14.8 Å². The number of benzene rings is 3. The van der Waals surface area contributed by atoms with E-state index in [9.17, 15) is 0 Å². The van der Waals surface area contributed by atoms with Crippen molar-refractivity contribution in [3.63, 3.8) is 0 Å². The van der Waals surface area contributed by atoms with Crippen LogP contribution in [0.4, 0.5) is 5.95 Å². The molecule has 6 rings (SSSR count). The van der Waals surface area contributed by atoms with Crippen LogP contribution >= 0.6 is 11.6 Å². The van der Waals surface area contributed by atoms with E-state index in [-0.39, 0.29) is 12.1 Å². The number of ether oxygens (including phenoxy) is 3. The Morgan fingerprint density at radius 1 is 0.943 bits per heavy atom. The lowest BCUT2D eigenvalue weighted by molar-refractivity contribution is 0.223. The summed E-state index contributed by atoms with van der Waals surface area (Å²) in [6.07, 6.45) is 1.18. The molecule has 0 amide bonds. The maximum atomic E-state index is 6.67. The predicted octanol–water partition coefficient (Wildman–Crippen LogP) is 5.82. The van der Waals surface area contributed by atoms with Crippen molar-refractivity contribution in [3.05, 3.63) is 99.8 Å². The summed E-state index contributed by atoms with van der Waals surface area (Å²) in [4.78, 5) is 4.50. The van der Waals surface area contributed by atoms with E-state index in [0.717, 1.165) is 39.3 Å². The standard InChI is InChI=1S/C27H23ClN4O3/c1-15-4-10-20-19(12-15)24-23(26(35-20)16-5-8-18(28)9-6-16)25(32-27(31-24)29-14-30-32)17-7-11-21(33-2)22(13-17)34-3/h4-14,25-26H,1-3H3,(H,29,30,31)/t25-,26+/m1/s1. The van der Waals surface area contributed by atoms with Gasteiger partial charge in [-0.15, -0.1) is 0 Å². The Morgan fingerprint density at radius 2 is 1.71 bits per heavy atom. The van der Waals surface area contributed by atoms with Gasteiger partial charge in [0, 0.05) is 16.2 Å². The first-order chi connectivity index (χ1) is 17.1. The van der Waals surface area contributed by atoms with E-state index in [1.165, 1.54) is 0 Å². The summed E-state index contributed by atoms with van der Waals surface area (Å²) in [7, 11) is 3.26. The normalized spacial score (nSPS) is 18.1. The minimum absolute atomic E-state index is 0.294. The number of fused-ring (bicyclic) bond motifs is 3. The molecule has 0 bridgehead atoms. The van der Waals surface area contributed by atoms with Crippen molar-refractivity contribution >= 4 is 23.2 Å². The number of hydrogen-bond acceptors (Lipinski definition) is 6. The first-order valence-corrected chi connectivity index (χ1v) is 11.6. The number of anilines is 1. The van der Waals surface area contributed by atoms with Gasteiger partial charge in [-0.2, -0.15) is 10.1 Å². The molecule has 0 aliphatic carbocycles. The summed E-state index contributed by atoms with van der Waals surface area (Å²) >= 11 is 6.21. The fraction of sp³-hybridized carbons (Fsp3) is 0.185. The number of aromatic nitrogens is 3.